The molecule has 78 valence electrons. The SMILES string of the molecule is COC(=O)C(C)(C)C1C=CCCC=C1. The lowest BCUT2D eigenvalue weighted by Gasteiger charge is -2.26. The molecule has 0 amide bonds. The Kier molecular flexibility index (Phi) is 3.50. The fourth-order valence-corrected chi connectivity index (χ4v) is 1.62. The molecule has 14 heavy (non-hydrogen) atoms. The summed E-state index contributed by atoms with van der Waals surface area (Å²) < 4.78 is 4.80. The molecule has 0 radical (unpaired) electrons. The van der Waals surface area contributed by atoms with Gasteiger partial charge in [-0.1, -0.05) is 24.3 Å². The molecule has 1 aliphatic rings. The number of rotatable bonds is 2. The highest BCUT2D eigenvalue weighted by atomic mass is 16.5. The van der Waals surface area contributed by atoms with Gasteiger partial charge in [0.1, 0.15) is 0 Å². The lowest BCUT2D eigenvalue weighted by Crippen LogP contribution is -2.32. The minimum atomic E-state index is -0.466. The lowest BCUT2D eigenvalue weighted by molar-refractivity contribution is -0.152. The van der Waals surface area contributed by atoms with Crippen molar-refractivity contribution in [2.75, 3.05) is 7.11 Å². The van der Waals surface area contributed by atoms with Gasteiger partial charge in [-0.2, -0.15) is 0 Å². The number of methoxy groups -OCH3 is 1. The summed E-state index contributed by atoms with van der Waals surface area (Å²) in [4.78, 5) is 11.6. The van der Waals surface area contributed by atoms with Crippen LogP contribution in [0.4, 0.5) is 0 Å². The van der Waals surface area contributed by atoms with E-state index in [1.807, 2.05) is 13.8 Å². The highest BCUT2D eigenvalue weighted by molar-refractivity contribution is 5.76. The van der Waals surface area contributed by atoms with Crippen molar-refractivity contribution in [2.24, 2.45) is 11.3 Å². The van der Waals surface area contributed by atoms with E-state index in [0.717, 1.165) is 12.8 Å². The first-order valence-electron chi connectivity index (χ1n) is 5.01. The first kappa shape index (κ1) is 11.0. The van der Waals surface area contributed by atoms with Gasteiger partial charge in [-0.25, -0.2) is 0 Å². The Morgan fingerprint density at radius 3 is 2.21 bits per heavy atom. The molecule has 0 atom stereocenters. The van der Waals surface area contributed by atoms with E-state index in [1.54, 1.807) is 0 Å². The second-order valence-electron chi connectivity index (χ2n) is 4.17. The van der Waals surface area contributed by atoms with Crippen LogP contribution in [0.25, 0.3) is 0 Å². The van der Waals surface area contributed by atoms with Crippen LogP contribution in [-0.2, 0) is 9.53 Å². The molecule has 2 nitrogen and oxygen atoms in total. The van der Waals surface area contributed by atoms with Gasteiger partial charge in [0.25, 0.3) is 0 Å². The second-order valence-corrected chi connectivity index (χ2v) is 4.17. The summed E-state index contributed by atoms with van der Waals surface area (Å²) in [5.74, 6) is -0.00356. The Morgan fingerprint density at radius 1 is 1.29 bits per heavy atom. The van der Waals surface area contributed by atoms with Gasteiger partial charge in [0.05, 0.1) is 12.5 Å². The third-order valence-corrected chi connectivity index (χ3v) is 2.73. The van der Waals surface area contributed by atoms with Gasteiger partial charge in [0.2, 0.25) is 0 Å². The Morgan fingerprint density at radius 2 is 1.79 bits per heavy atom. The number of carbonyl (C=O) groups excluding carboxylic acids is 1. The van der Waals surface area contributed by atoms with Crippen LogP contribution in [0.15, 0.2) is 24.3 Å². The van der Waals surface area contributed by atoms with Crippen molar-refractivity contribution in [1.29, 1.82) is 0 Å². The Balaban J connectivity index is 2.84. The predicted molar refractivity (Wildman–Crippen MR) is 56.8 cm³/mol. The molecule has 0 unspecified atom stereocenters. The van der Waals surface area contributed by atoms with Crippen molar-refractivity contribution in [3.8, 4) is 0 Å². The molecule has 1 aliphatic carbocycles. The van der Waals surface area contributed by atoms with Crippen molar-refractivity contribution in [2.45, 2.75) is 26.7 Å². The summed E-state index contributed by atoms with van der Waals surface area (Å²) >= 11 is 0. The summed E-state index contributed by atoms with van der Waals surface area (Å²) in [5.41, 5.74) is -0.466. The number of carbonyl (C=O) groups is 1. The van der Waals surface area contributed by atoms with Crippen LogP contribution in [0.5, 0.6) is 0 Å². The number of hydrogen-bond donors (Lipinski definition) is 0. The summed E-state index contributed by atoms with van der Waals surface area (Å²) in [6, 6.07) is 0. The second kappa shape index (κ2) is 4.45. The van der Waals surface area contributed by atoms with Crippen LogP contribution in [0.1, 0.15) is 26.7 Å². The van der Waals surface area contributed by atoms with Gasteiger partial charge in [-0.3, -0.25) is 4.79 Å². The van der Waals surface area contributed by atoms with Crippen LogP contribution in [0.2, 0.25) is 0 Å². The molecule has 0 aromatic carbocycles. The molecule has 0 saturated heterocycles. The van der Waals surface area contributed by atoms with E-state index in [-0.39, 0.29) is 11.9 Å². The van der Waals surface area contributed by atoms with E-state index in [9.17, 15) is 4.79 Å². The maximum Gasteiger partial charge on any atom is 0.312 e. The fraction of sp³-hybridized carbons (Fsp3) is 0.583. The standard InChI is InChI=1S/C12H18O2/c1-12(2,11(13)14-3)10-8-6-4-5-7-9-10/h6-10H,4-5H2,1-3H3. The zero-order chi connectivity index (χ0) is 10.6. The highest BCUT2D eigenvalue weighted by Gasteiger charge is 2.34. The Hall–Kier alpha value is -1.05. The fourth-order valence-electron chi connectivity index (χ4n) is 1.62. The molecule has 0 bridgehead atoms. The van der Waals surface area contributed by atoms with Crippen LogP contribution >= 0.6 is 0 Å². The van der Waals surface area contributed by atoms with Crippen LogP contribution in [-0.4, -0.2) is 13.1 Å². The monoisotopic (exact) mass is 194 g/mol. The average Bonchev–Trinajstić information content (AvgIpc) is 2.44. The van der Waals surface area contributed by atoms with Crippen LogP contribution in [0, 0.1) is 11.3 Å². The normalized spacial score (nSPS) is 17.9. The number of ether oxygens (including phenoxy) is 1. The number of hydrogen-bond acceptors (Lipinski definition) is 2. The van der Waals surface area contributed by atoms with E-state index in [2.05, 4.69) is 24.3 Å². The molecule has 2 heteroatoms. The van der Waals surface area contributed by atoms with E-state index < -0.39 is 5.41 Å². The Bertz CT molecular complexity index is 247. The minimum Gasteiger partial charge on any atom is -0.469 e. The molecular weight excluding hydrogens is 176 g/mol. The van der Waals surface area contributed by atoms with Gasteiger partial charge in [-0.15, -0.1) is 0 Å². The largest absolute Gasteiger partial charge is 0.469 e. The summed E-state index contributed by atoms with van der Waals surface area (Å²) in [6.45, 7) is 3.84. The van der Waals surface area contributed by atoms with Crippen molar-refractivity contribution in [3.63, 3.8) is 0 Å². The quantitative estimate of drug-likeness (QED) is 0.499. The van der Waals surface area contributed by atoms with Gasteiger partial charge >= 0.3 is 5.97 Å². The molecule has 1 rings (SSSR count). The third-order valence-electron chi connectivity index (χ3n) is 2.73. The van der Waals surface area contributed by atoms with Crippen LogP contribution in [0.3, 0.4) is 0 Å². The Labute approximate surface area is 85.6 Å². The molecule has 0 N–H and O–H groups in total. The molecule has 0 fully saturated rings. The molecule has 0 saturated carbocycles. The zero-order valence-electron chi connectivity index (χ0n) is 9.12. The van der Waals surface area contributed by atoms with Crippen molar-refractivity contribution < 1.29 is 9.53 Å². The van der Waals surface area contributed by atoms with Crippen molar-refractivity contribution in [3.05, 3.63) is 24.3 Å². The van der Waals surface area contributed by atoms with E-state index in [1.165, 1.54) is 7.11 Å². The lowest BCUT2D eigenvalue weighted by atomic mass is 9.78. The minimum absolute atomic E-state index is 0.150. The highest BCUT2D eigenvalue weighted by Crippen LogP contribution is 2.31. The van der Waals surface area contributed by atoms with Gasteiger partial charge in [0.15, 0.2) is 0 Å². The molecule has 0 aliphatic heterocycles. The molecule has 0 aromatic heterocycles. The van der Waals surface area contributed by atoms with E-state index in [4.69, 9.17) is 4.74 Å². The van der Waals surface area contributed by atoms with E-state index >= 15 is 0 Å². The predicted octanol–water partition coefficient (Wildman–Crippen LogP) is 2.71. The first-order chi connectivity index (χ1) is 6.59. The van der Waals surface area contributed by atoms with Crippen molar-refractivity contribution in [1.82, 2.24) is 0 Å². The first-order valence-corrected chi connectivity index (χ1v) is 5.01. The zero-order valence-corrected chi connectivity index (χ0v) is 9.12. The average molecular weight is 194 g/mol. The number of esters is 1. The number of allylic oxidation sites excluding steroid dienone is 4. The van der Waals surface area contributed by atoms with Crippen molar-refractivity contribution >= 4 is 5.97 Å². The summed E-state index contributed by atoms with van der Waals surface area (Å²) in [7, 11) is 1.44. The van der Waals surface area contributed by atoms with Crippen LogP contribution < -0.4 is 0 Å². The molecule has 0 heterocycles. The third kappa shape index (κ3) is 2.25. The maximum absolute atomic E-state index is 11.6. The van der Waals surface area contributed by atoms with Gasteiger partial charge in [-0.05, 0) is 26.7 Å². The topological polar surface area (TPSA) is 26.3 Å². The maximum atomic E-state index is 11.6. The van der Waals surface area contributed by atoms with Gasteiger partial charge < -0.3 is 4.74 Å². The smallest absolute Gasteiger partial charge is 0.312 e. The molecule has 0 spiro atoms. The van der Waals surface area contributed by atoms with Gasteiger partial charge in [0, 0.05) is 5.92 Å². The van der Waals surface area contributed by atoms with E-state index in [0.29, 0.717) is 0 Å². The summed E-state index contributed by atoms with van der Waals surface area (Å²) in [6.07, 6.45) is 10.6. The molecular formula is C12H18O2. The molecule has 0 aromatic rings. The summed E-state index contributed by atoms with van der Waals surface area (Å²) in [5, 5.41) is 0.